The fraction of sp³-hybridized carbons (Fsp3) is 0.611. The van der Waals surface area contributed by atoms with Crippen LogP contribution in [0.5, 0.6) is 0 Å². The normalized spacial score (nSPS) is 26.4. The van der Waals surface area contributed by atoms with Crippen LogP contribution in [0.25, 0.3) is 0 Å². The molecule has 2 atom stereocenters. The average Bonchev–Trinajstić information content (AvgIpc) is 2.58. The Morgan fingerprint density at radius 1 is 1.33 bits per heavy atom. The number of carbonyl (C=O) groups is 1. The number of carbonyl (C=O) groups excluding carboxylic acids is 1. The third kappa shape index (κ3) is 4.61. The Labute approximate surface area is 129 Å². The van der Waals surface area contributed by atoms with Gasteiger partial charge in [-0.05, 0) is 45.1 Å². The standard InChI is InChI=1S/C18H26O2Si/c1-18(2,3)20-17(19)12-15-11-14-9-13(10-16(14)15)7-8-21(4,5)6/h10,12,14,16H,9,11H2,1-6H3/t14-,16-/m1/s1. The molecule has 0 N–H and O–H groups in total. The molecule has 0 amide bonds. The van der Waals surface area contributed by atoms with Gasteiger partial charge in [0.05, 0.1) is 0 Å². The Hall–Kier alpha value is -1.27. The molecule has 0 saturated heterocycles. The first-order valence-corrected chi connectivity index (χ1v) is 11.2. The van der Waals surface area contributed by atoms with Crippen LogP contribution in [-0.2, 0) is 9.53 Å². The maximum Gasteiger partial charge on any atom is 0.331 e. The number of hydrogen-bond acceptors (Lipinski definition) is 2. The highest BCUT2D eigenvalue weighted by atomic mass is 28.3. The summed E-state index contributed by atoms with van der Waals surface area (Å²) in [7, 11) is -1.31. The maximum absolute atomic E-state index is 11.8. The molecule has 2 rings (SSSR count). The number of fused-ring (bicyclic) bond motifs is 1. The van der Waals surface area contributed by atoms with Crippen molar-refractivity contribution in [1.82, 2.24) is 0 Å². The van der Waals surface area contributed by atoms with Crippen molar-refractivity contribution in [1.29, 1.82) is 0 Å². The zero-order valence-electron chi connectivity index (χ0n) is 14.0. The minimum absolute atomic E-state index is 0.217. The Bertz CT molecular complexity index is 559. The molecule has 1 saturated carbocycles. The van der Waals surface area contributed by atoms with Gasteiger partial charge in [-0.2, -0.15) is 0 Å². The second-order valence-corrected chi connectivity index (χ2v) is 12.9. The van der Waals surface area contributed by atoms with Crippen LogP contribution < -0.4 is 0 Å². The van der Waals surface area contributed by atoms with Crippen LogP contribution in [-0.4, -0.2) is 19.6 Å². The van der Waals surface area contributed by atoms with Gasteiger partial charge >= 0.3 is 5.97 Å². The molecule has 2 aliphatic rings. The van der Waals surface area contributed by atoms with E-state index in [-0.39, 0.29) is 5.97 Å². The molecule has 114 valence electrons. The van der Waals surface area contributed by atoms with Crippen molar-refractivity contribution in [2.24, 2.45) is 11.8 Å². The van der Waals surface area contributed by atoms with Gasteiger partial charge in [-0.15, -0.1) is 5.54 Å². The highest BCUT2D eigenvalue weighted by Crippen LogP contribution is 2.49. The van der Waals surface area contributed by atoms with E-state index in [0.717, 1.165) is 12.8 Å². The summed E-state index contributed by atoms with van der Waals surface area (Å²) in [5, 5.41) is 0. The van der Waals surface area contributed by atoms with Gasteiger partial charge in [0.25, 0.3) is 0 Å². The van der Waals surface area contributed by atoms with E-state index in [1.54, 1.807) is 6.08 Å². The lowest BCUT2D eigenvalue weighted by Gasteiger charge is -2.33. The molecule has 0 aromatic rings. The smallest absolute Gasteiger partial charge is 0.331 e. The predicted molar refractivity (Wildman–Crippen MR) is 89.3 cm³/mol. The van der Waals surface area contributed by atoms with Crippen molar-refractivity contribution in [2.45, 2.75) is 58.9 Å². The van der Waals surface area contributed by atoms with Gasteiger partial charge in [0.1, 0.15) is 13.7 Å². The molecule has 3 heteroatoms. The Morgan fingerprint density at radius 3 is 2.57 bits per heavy atom. The van der Waals surface area contributed by atoms with Crippen LogP contribution in [0.3, 0.4) is 0 Å². The SMILES string of the molecule is CC(C)(C)OC(=O)C=C1C[C@H]2CC(C#C[Si](C)(C)C)=C[C@@H]12. The largest absolute Gasteiger partial charge is 0.457 e. The van der Waals surface area contributed by atoms with Crippen molar-refractivity contribution in [2.75, 3.05) is 0 Å². The summed E-state index contributed by atoms with van der Waals surface area (Å²) in [6, 6.07) is 0. The van der Waals surface area contributed by atoms with E-state index in [2.05, 4.69) is 37.2 Å². The van der Waals surface area contributed by atoms with Gasteiger partial charge in [-0.3, -0.25) is 0 Å². The molecule has 0 aliphatic heterocycles. The van der Waals surface area contributed by atoms with Crippen molar-refractivity contribution < 1.29 is 9.53 Å². The third-order valence-corrected chi connectivity index (χ3v) is 4.48. The molecular weight excluding hydrogens is 276 g/mol. The summed E-state index contributed by atoms with van der Waals surface area (Å²) in [5.74, 6) is 4.22. The van der Waals surface area contributed by atoms with E-state index in [1.165, 1.54) is 11.1 Å². The fourth-order valence-corrected chi connectivity index (χ4v) is 3.25. The highest BCUT2D eigenvalue weighted by Gasteiger charge is 2.39. The molecule has 0 heterocycles. The first-order valence-electron chi connectivity index (χ1n) is 7.71. The minimum Gasteiger partial charge on any atom is -0.457 e. The molecule has 0 aromatic carbocycles. The predicted octanol–water partition coefficient (Wildman–Crippen LogP) is 4.10. The molecule has 0 aromatic heterocycles. The van der Waals surface area contributed by atoms with E-state index < -0.39 is 13.7 Å². The maximum atomic E-state index is 11.8. The molecule has 0 unspecified atom stereocenters. The summed E-state index contributed by atoms with van der Waals surface area (Å²) in [6.07, 6.45) is 6.04. The van der Waals surface area contributed by atoms with E-state index in [9.17, 15) is 4.79 Å². The molecule has 0 bridgehead atoms. The lowest BCUT2D eigenvalue weighted by atomic mass is 9.71. The van der Waals surface area contributed by atoms with Crippen molar-refractivity contribution in [3.8, 4) is 11.5 Å². The summed E-state index contributed by atoms with van der Waals surface area (Å²) < 4.78 is 5.35. The van der Waals surface area contributed by atoms with Gasteiger partial charge in [0.2, 0.25) is 0 Å². The van der Waals surface area contributed by atoms with E-state index in [4.69, 9.17) is 4.74 Å². The second kappa shape index (κ2) is 5.49. The fourth-order valence-electron chi connectivity index (χ4n) is 2.72. The quantitative estimate of drug-likeness (QED) is 0.315. The van der Waals surface area contributed by atoms with Crippen molar-refractivity contribution in [3.05, 3.63) is 23.3 Å². The average molecular weight is 302 g/mol. The van der Waals surface area contributed by atoms with E-state index >= 15 is 0 Å². The van der Waals surface area contributed by atoms with Crippen LogP contribution in [0.15, 0.2) is 23.3 Å². The number of allylic oxidation sites excluding steroid dienone is 3. The lowest BCUT2D eigenvalue weighted by molar-refractivity contribution is -0.148. The zero-order chi connectivity index (χ0) is 15.8. The van der Waals surface area contributed by atoms with Gasteiger partial charge in [-0.25, -0.2) is 4.79 Å². The Balaban J connectivity index is 2.01. The molecule has 2 aliphatic carbocycles. The van der Waals surface area contributed by atoms with E-state index in [1.807, 2.05) is 20.8 Å². The zero-order valence-corrected chi connectivity index (χ0v) is 15.0. The number of esters is 1. The minimum atomic E-state index is -1.31. The monoisotopic (exact) mass is 302 g/mol. The molecule has 2 nitrogen and oxygen atoms in total. The van der Waals surface area contributed by atoms with Crippen molar-refractivity contribution in [3.63, 3.8) is 0 Å². The van der Waals surface area contributed by atoms with Gasteiger partial charge in [-0.1, -0.05) is 37.2 Å². The summed E-state index contributed by atoms with van der Waals surface area (Å²) in [5.41, 5.74) is 5.48. The summed E-state index contributed by atoms with van der Waals surface area (Å²) >= 11 is 0. The van der Waals surface area contributed by atoms with Gasteiger partial charge in [0, 0.05) is 12.0 Å². The van der Waals surface area contributed by atoms with Crippen LogP contribution in [0.2, 0.25) is 19.6 Å². The molecule has 21 heavy (non-hydrogen) atoms. The third-order valence-electron chi connectivity index (χ3n) is 3.60. The Kier molecular flexibility index (Phi) is 4.21. The second-order valence-electron chi connectivity index (χ2n) is 8.14. The summed E-state index contributed by atoms with van der Waals surface area (Å²) in [6.45, 7) is 12.5. The number of hydrogen-bond donors (Lipinski definition) is 0. The molecule has 0 radical (unpaired) electrons. The van der Waals surface area contributed by atoms with E-state index in [0.29, 0.717) is 11.8 Å². The molecule has 0 spiro atoms. The van der Waals surface area contributed by atoms with Crippen LogP contribution >= 0.6 is 0 Å². The Morgan fingerprint density at radius 2 is 2.00 bits per heavy atom. The van der Waals surface area contributed by atoms with Crippen LogP contribution in [0, 0.1) is 23.3 Å². The van der Waals surface area contributed by atoms with Crippen molar-refractivity contribution >= 4 is 14.0 Å². The highest BCUT2D eigenvalue weighted by molar-refractivity contribution is 6.83. The van der Waals surface area contributed by atoms with Crippen LogP contribution in [0.1, 0.15) is 33.6 Å². The number of rotatable bonds is 1. The summed E-state index contributed by atoms with van der Waals surface area (Å²) in [4.78, 5) is 11.8. The lowest BCUT2D eigenvalue weighted by Crippen LogP contribution is -2.27. The van der Waals surface area contributed by atoms with Gasteiger partial charge in [0.15, 0.2) is 0 Å². The number of ether oxygens (including phenoxy) is 1. The first-order chi connectivity index (χ1) is 9.53. The molecular formula is C18H26O2Si. The van der Waals surface area contributed by atoms with Gasteiger partial charge < -0.3 is 4.74 Å². The molecule has 1 fully saturated rings. The first kappa shape index (κ1) is 16.1. The topological polar surface area (TPSA) is 26.3 Å². The van der Waals surface area contributed by atoms with Crippen LogP contribution in [0.4, 0.5) is 0 Å².